The zero-order chi connectivity index (χ0) is 15.9. The molecule has 1 heterocycles. The van der Waals surface area contributed by atoms with Crippen molar-refractivity contribution in [3.05, 3.63) is 24.3 Å². The summed E-state index contributed by atoms with van der Waals surface area (Å²) in [5.41, 5.74) is 0. The molecule has 0 amide bonds. The second-order valence-corrected chi connectivity index (χ2v) is 10.1. The van der Waals surface area contributed by atoms with Crippen LogP contribution in [0.25, 0.3) is 0 Å². The van der Waals surface area contributed by atoms with E-state index < -0.39 is 35.0 Å². The molecule has 1 aromatic carbocycles. The van der Waals surface area contributed by atoms with E-state index in [1.165, 1.54) is 0 Å². The van der Waals surface area contributed by atoms with Crippen molar-refractivity contribution < 1.29 is 29.1 Å². The fraction of sp³-hybridized carbons (Fsp3) is 0.400. The normalized spacial score (nSPS) is 20.2. The Morgan fingerprint density at radius 1 is 1.00 bits per heavy atom. The Balaban J connectivity index is 2.37. The van der Waals surface area contributed by atoms with E-state index in [0.29, 0.717) is 6.07 Å². The van der Waals surface area contributed by atoms with Gasteiger partial charge in [-0.25, -0.2) is 16.8 Å². The highest BCUT2D eigenvalue weighted by molar-refractivity contribution is 7.92. The molecule has 0 saturated carbocycles. The maximum atomic E-state index is 12.9. The summed E-state index contributed by atoms with van der Waals surface area (Å²) in [6, 6.07) is 3.90. The highest BCUT2D eigenvalue weighted by Crippen LogP contribution is 2.22. The molecule has 21 heavy (non-hydrogen) atoms. The molecule has 1 saturated heterocycles. The summed E-state index contributed by atoms with van der Waals surface area (Å²) >= 11 is 0. The van der Waals surface area contributed by atoms with Crippen LogP contribution in [0.3, 0.4) is 0 Å². The smallest absolute Gasteiger partial charge is 0.229 e. The first-order valence-corrected chi connectivity index (χ1v) is 10.4. The molecule has 1 aliphatic heterocycles. The molecule has 7 nitrogen and oxygen atoms in total. The van der Waals surface area contributed by atoms with E-state index in [1.807, 2.05) is 0 Å². The van der Waals surface area contributed by atoms with E-state index in [0.717, 1.165) is 22.5 Å². The first-order valence-electron chi connectivity index (χ1n) is 5.78. The third-order valence-corrected chi connectivity index (χ3v) is 7.35. The van der Waals surface area contributed by atoms with Gasteiger partial charge in [0, 0.05) is 13.1 Å². The average molecular weight is 357 g/mol. The Labute approximate surface area is 122 Å². The van der Waals surface area contributed by atoms with Gasteiger partial charge in [0.25, 0.3) is 0 Å². The number of benzene rings is 1. The van der Waals surface area contributed by atoms with E-state index in [1.54, 1.807) is 0 Å². The molecule has 0 N–H and O–H groups in total. The standard InChI is InChI=1S/C10H12FNO6S3/c11-20(15,16)9-2-1-3-10(8-9)21(17,18)12-4-6-19(13,14)7-5-12/h1-3,8H,4-7H2. The molecule has 0 atom stereocenters. The molecule has 1 fully saturated rings. The van der Waals surface area contributed by atoms with Crippen molar-refractivity contribution in [3.63, 3.8) is 0 Å². The number of rotatable bonds is 3. The molecule has 0 unspecified atom stereocenters. The molecule has 1 aliphatic rings. The molecule has 118 valence electrons. The molecule has 0 bridgehead atoms. The minimum Gasteiger partial charge on any atom is -0.229 e. The molecular formula is C10H12FNO6S3. The SMILES string of the molecule is O=S1(=O)CCN(S(=O)(=O)c2cccc(S(=O)(=O)F)c2)CC1. The maximum Gasteiger partial charge on any atom is 0.332 e. The van der Waals surface area contributed by atoms with Gasteiger partial charge in [0.1, 0.15) is 0 Å². The monoisotopic (exact) mass is 357 g/mol. The van der Waals surface area contributed by atoms with Crippen molar-refractivity contribution in [3.8, 4) is 0 Å². The van der Waals surface area contributed by atoms with Gasteiger partial charge in [-0.3, -0.25) is 0 Å². The minimum atomic E-state index is -5.01. The lowest BCUT2D eigenvalue weighted by Gasteiger charge is -2.25. The zero-order valence-corrected chi connectivity index (χ0v) is 13.1. The number of halogens is 1. The quantitative estimate of drug-likeness (QED) is 0.692. The number of sulfone groups is 1. The molecular weight excluding hydrogens is 345 g/mol. The van der Waals surface area contributed by atoms with Crippen LogP contribution in [0.15, 0.2) is 34.1 Å². The van der Waals surface area contributed by atoms with Gasteiger partial charge in [-0.1, -0.05) is 6.07 Å². The van der Waals surface area contributed by atoms with Gasteiger partial charge in [0.2, 0.25) is 10.0 Å². The summed E-state index contributed by atoms with van der Waals surface area (Å²) < 4.78 is 82.7. The molecule has 1 aromatic rings. The molecule has 0 aliphatic carbocycles. The van der Waals surface area contributed by atoms with Crippen LogP contribution in [-0.4, -0.2) is 54.2 Å². The third kappa shape index (κ3) is 3.59. The average Bonchev–Trinajstić information content (AvgIpc) is 2.37. The number of hydrogen-bond acceptors (Lipinski definition) is 6. The van der Waals surface area contributed by atoms with E-state index >= 15 is 0 Å². The predicted molar refractivity (Wildman–Crippen MR) is 72.1 cm³/mol. The van der Waals surface area contributed by atoms with Crippen LogP contribution < -0.4 is 0 Å². The Kier molecular flexibility index (Phi) is 4.12. The van der Waals surface area contributed by atoms with E-state index in [-0.39, 0.29) is 29.5 Å². The predicted octanol–water partition coefficient (Wildman–Crippen LogP) is -0.236. The van der Waals surface area contributed by atoms with Crippen LogP contribution in [0, 0.1) is 0 Å². The minimum absolute atomic E-state index is 0.211. The number of sulfonamides is 1. The lowest BCUT2D eigenvalue weighted by Crippen LogP contribution is -2.43. The lowest BCUT2D eigenvalue weighted by molar-refractivity contribution is 0.430. The van der Waals surface area contributed by atoms with Gasteiger partial charge in [-0.2, -0.15) is 12.7 Å². The van der Waals surface area contributed by atoms with Crippen molar-refractivity contribution in [1.29, 1.82) is 0 Å². The first-order chi connectivity index (χ1) is 9.52. The van der Waals surface area contributed by atoms with Crippen LogP contribution in [0.1, 0.15) is 0 Å². The largest absolute Gasteiger partial charge is 0.332 e. The fourth-order valence-electron chi connectivity index (χ4n) is 1.87. The van der Waals surface area contributed by atoms with E-state index in [4.69, 9.17) is 0 Å². The van der Waals surface area contributed by atoms with Crippen molar-refractivity contribution in [1.82, 2.24) is 4.31 Å². The van der Waals surface area contributed by atoms with Gasteiger partial charge >= 0.3 is 10.2 Å². The van der Waals surface area contributed by atoms with Gasteiger partial charge in [0.15, 0.2) is 9.84 Å². The lowest BCUT2D eigenvalue weighted by atomic mass is 10.4. The number of hydrogen-bond donors (Lipinski definition) is 0. The summed E-state index contributed by atoms with van der Waals surface area (Å²) in [6.07, 6.45) is 0. The van der Waals surface area contributed by atoms with Crippen LogP contribution in [0.2, 0.25) is 0 Å². The number of nitrogens with zero attached hydrogens (tertiary/aromatic N) is 1. The highest BCUT2D eigenvalue weighted by Gasteiger charge is 2.31. The summed E-state index contributed by atoms with van der Waals surface area (Å²) in [5, 5.41) is 0. The van der Waals surface area contributed by atoms with E-state index in [9.17, 15) is 29.1 Å². The molecule has 0 radical (unpaired) electrons. The van der Waals surface area contributed by atoms with Gasteiger partial charge in [-0.05, 0) is 18.2 Å². The van der Waals surface area contributed by atoms with Crippen molar-refractivity contribution in [2.24, 2.45) is 0 Å². The fourth-order valence-corrected chi connectivity index (χ4v) is 5.38. The van der Waals surface area contributed by atoms with Gasteiger partial charge in [0.05, 0.1) is 21.3 Å². The summed E-state index contributed by atoms with van der Waals surface area (Å²) in [4.78, 5) is -1.14. The summed E-state index contributed by atoms with van der Waals surface area (Å²) in [6.45, 7) is -0.422. The third-order valence-electron chi connectivity index (χ3n) is 3.03. The Morgan fingerprint density at radius 3 is 2.05 bits per heavy atom. The summed E-state index contributed by atoms with van der Waals surface area (Å²) in [7, 11) is -12.3. The molecule has 0 aromatic heterocycles. The molecule has 2 rings (SSSR count). The van der Waals surface area contributed by atoms with Crippen molar-refractivity contribution in [2.45, 2.75) is 9.79 Å². The first kappa shape index (κ1) is 16.3. The van der Waals surface area contributed by atoms with Crippen molar-refractivity contribution in [2.75, 3.05) is 24.6 Å². The van der Waals surface area contributed by atoms with Gasteiger partial charge < -0.3 is 0 Å². The van der Waals surface area contributed by atoms with Crippen LogP contribution in [0.4, 0.5) is 3.89 Å². The molecule has 11 heteroatoms. The van der Waals surface area contributed by atoms with Gasteiger partial charge in [-0.15, -0.1) is 3.89 Å². The highest BCUT2D eigenvalue weighted by atomic mass is 32.3. The van der Waals surface area contributed by atoms with Crippen molar-refractivity contribution >= 4 is 30.1 Å². The Bertz CT molecular complexity index is 846. The van der Waals surface area contributed by atoms with E-state index in [2.05, 4.69) is 0 Å². The maximum absolute atomic E-state index is 12.9. The second-order valence-electron chi connectivity index (χ2n) is 4.47. The van der Waals surface area contributed by atoms with Crippen LogP contribution >= 0.6 is 0 Å². The Hall–Kier alpha value is -1.04. The second kappa shape index (κ2) is 5.30. The van der Waals surface area contributed by atoms with Crippen LogP contribution in [-0.2, 0) is 30.1 Å². The van der Waals surface area contributed by atoms with Crippen LogP contribution in [0.5, 0.6) is 0 Å². The molecule has 0 spiro atoms. The topological polar surface area (TPSA) is 106 Å². The Morgan fingerprint density at radius 2 is 1.52 bits per heavy atom. The summed E-state index contributed by atoms with van der Waals surface area (Å²) in [5.74, 6) is -0.597. The zero-order valence-electron chi connectivity index (χ0n) is 10.6.